The number of ether oxygens (including phenoxy) is 1. The van der Waals surface area contributed by atoms with E-state index in [1.54, 1.807) is 32.9 Å². The fraction of sp³-hybridized carbons (Fsp3) is 0.259. The van der Waals surface area contributed by atoms with E-state index in [-0.39, 0.29) is 55.2 Å². The van der Waals surface area contributed by atoms with Gasteiger partial charge in [0.2, 0.25) is 5.91 Å². The average molecular weight is 614 g/mol. The number of rotatable bonds is 9. The van der Waals surface area contributed by atoms with Crippen LogP contribution in [0.1, 0.15) is 43.1 Å². The van der Waals surface area contributed by atoms with Crippen LogP contribution < -0.4 is 15.4 Å². The molecule has 0 aromatic heterocycles. The number of hydrogen-bond acceptors (Lipinski definition) is 6. The van der Waals surface area contributed by atoms with Gasteiger partial charge in [-0.15, -0.1) is 0 Å². The number of sulfone groups is 1. The molecule has 8 nitrogen and oxygen atoms in total. The fourth-order valence-corrected chi connectivity index (χ4v) is 6.05. The minimum absolute atomic E-state index is 0.00586. The monoisotopic (exact) mass is 612 g/mol. The third-order valence-electron chi connectivity index (χ3n) is 5.59. The molecule has 3 aromatic carbocycles. The van der Waals surface area contributed by atoms with E-state index in [1.165, 1.54) is 30.3 Å². The van der Waals surface area contributed by atoms with E-state index in [0.717, 1.165) is 11.6 Å². The molecule has 0 radical (unpaired) electrons. The van der Waals surface area contributed by atoms with E-state index in [4.69, 9.17) is 39.5 Å². The fourth-order valence-electron chi connectivity index (χ4n) is 3.64. The molecule has 0 aliphatic rings. The zero-order valence-electron chi connectivity index (χ0n) is 21.5. The molecule has 0 saturated carbocycles. The number of phenols is 1. The van der Waals surface area contributed by atoms with Crippen molar-refractivity contribution in [2.75, 3.05) is 10.6 Å². The third-order valence-corrected chi connectivity index (χ3v) is 8.69. The minimum atomic E-state index is -3.99. The SMILES string of the molecule is CCC(C(=O)Nc1cc(O)c(NC(=O)c2cc(Cl)c(OC(C)C)c(Cl)c2)cc1Cl)S(=O)(=O)c1ccc(C)cc1. The van der Waals surface area contributed by atoms with Gasteiger partial charge in [-0.3, -0.25) is 9.59 Å². The van der Waals surface area contributed by atoms with Crippen molar-refractivity contribution < 1.29 is 27.9 Å². The van der Waals surface area contributed by atoms with E-state index >= 15 is 0 Å². The maximum atomic E-state index is 13.1. The Morgan fingerprint density at radius 2 is 1.51 bits per heavy atom. The Morgan fingerprint density at radius 1 is 0.923 bits per heavy atom. The quantitative estimate of drug-likeness (QED) is 0.226. The summed E-state index contributed by atoms with van der Waals surface area (Å²) in [4.78, 5) is 25.8. The second-order valence-electron chi connectivity index (χ2n) is 8.98. The normalized spacial score (nSPS) is 12.2. The van der Waals surface area contributed by atoms with Crippen molar-refractivity contribution in [3.63, 3.8) is 0 Å². The predicted molar refractivity (Wildman–Crippen MR) is 154 cm³/mol. The minimum Gasteiger partial charge on any atom is -0.506 e. The van der Waals surface area contributed by atoms with Gasteiger partial charge >= 0.3 is 0 Å². The molecule has 0 fully saturated rings. The maximum absolute atomic E-state index is 13.1. The lowest BCUT2D eigenvalue weighted by molar-refractivity contribution is -0.115. The van der Waals surface area contributed by atoms with Crippen LogP contribution in [0.25, 0.3) is 0 Å². The van der Waals surface area contributed by atoms with Gasteiger partial charge in [0.05, 0.1) is 37.4 Å². The maximum Gasteiger partial charge on any atom is 0.255 e. The van der Waals surface area contributed by atoms with Crippen LogP contribution in [0.5, 0.6) is 11.5 Å². The van der Waals surface area contributed by atoms with Crippen LogP contribution in [0.2, 0.25) is 15.1 Å². The topological polar surface area (TPSA) is 122 Å². The third kappa shape index (κ3) is 7.16. The first kappa shape index (κ1) is 30.6. The van der Waals surface area contributed by atoms with E-state index in [0.29, 0.717) is 0 Å². The molecule has 208 valence electrons. The molecule has 0 saturated heterocycles. The summed E-state index contributed by atoms with van der Waals surface area (Å²) < 4.78 is 31.7. The number of carbonyl (C=O) groups excluding carboxylic acids is 2. The summed E-state index contributed by atoms with van der Waals surface area (Å²) in [5.41, 5.74) is 0.887. The number of aromatic hydroxyl groups is 1. The Kier molecular flexibility index (Phi) is 9.77. The number of carbonyl (C=O) groups is 2. The molecule has 12 heteroatoms. The lowest BCUT2D eigenvalue weighted by Crippen LogP contribution is -2.34. The second-order valence-corrected chi connectivity index (χ2v) is 12.3. The van der Waals surface area contributed by atoms with Crippen molar-refractivity contribution in [3.05, 3.63) is 74.7 Å². The highest BCUT2D eigenvalue weighted by Crippen LogP contribution is 2.37. The summed E-state index contributed by atoms with van der Waals surface area (Å²) in [5, 5.41) is 14.3. The first-order chi connectivity index (χ1) is 18.2. The number of phenolic OH excluding ortho intramolecular Hbond substituents is 1. The van der Waals surface area contributed by atoms with Crippen molar-refractivity contribution in [3.8, 4) is 11.5 Å². The molecular formula is C27H27Cl3N2O6S. The second kappa shape index (κ2) is 12.5. The zero-order chi connectivity index (χ0) is 29.1. The molecule has 39 heavy (non-hydrogen) atoms. The van der Waals surface area contributed by atoms with E-state index in [2.05, 4.69) is 10.6 Å². The number of nitrogens with one attached hydrogen (secondary N) is 2. The first-order valence-corrected chi connectivity index (χ1v) is 14.5. The highest BCUT2D eigenvalue weighted by atomic mass is 35.5. The van der Waals surface area contributed by atoms with Crippen molar-refractivity contribution in [1.29, 1.82) is 0 Å². The molecule has 3 aromatic rings. The summed E-state index contributed by atoms with van der Waals surface area (Å²) in [6, 6.07) is 11.3. The van der Waals surface area contributed by atoms with Crippen LogP contribution in [0, 0.1) is 6.92 Å². The zero-order valence-corrected chi connectivity index (χ0v) is 24.6. The molecule has 0 aliphatic heterocycles. The van der Waals surface area contributed by atoms with Gasteiger partial charge < -0.3 is 20.5 Å². The van der Waals surface area contributed by atoms with Gasteiger partial charge in [-0.05, 0) is 57.5 Å². The van der Waals surface area contributed by atoms with Gasteiger partial charge in [0.1, 0.15) is 11.0 Å². The first-order valence-electron chi connectivity index (χ1n) is 11.9. The van der Waals surface area contributed by atoms with E-state index in [1.807, 2.05) is 6.92 Å². The van der Waals surface area contributed by atoms with E-state index in [9.17, 15) is 23.1 Å². The van der Waals surface area contributed by atoms with Crippen molar-refractivity contribution in [2.45, 2.75) is 50.4 Å². The van der Waals surface area contributed by atoms with Gasteiger partial charge in [0, 0.05) is 11.6 Å². The van der Waals surface area contributed by atoms with Gasteiger partial charge in [-0.2, -0.15) is 0 Å². The van der Waals surface area contributed by atoms with Crippen LogP contribution in [0.15, 0.2) is 53.4 Å². The number of hydrogen-bond donors (Lipinski definition) is 3. The number of benzene rings is 3. The van der Waals surface area contributed by atoms with Gasteiger partial charge in [0.25, 0.3) is 5.91 Å². The largest absolute Gasteiger partial charge is 0.506 e. The smallest absolute Gasteiger partial charge is 0.255 e. The molecule has 2 amide bonds. The molecule has 0 spiro atoms. The number of halogens is 3. The summed E-state index contributed by atoms with van der Waals surface area (Å²) in [5.74, 6) is -1.64. The number of anilines is 2. The highest BCUT2D eigenvalue weighted by Gasteiger charge is 2.33. The summed E-state index contributed by atoms with van der Waals surface area (Å²) in [6.45, 7) is 7.01. The van der Waals surface area contributed by atoms with Gasteiger partial charge in [-0.25, -0.2) is 8.42 Å². The van der Waals surface area contributed by atoms with Crippen molar-refractivity contribution in [1.82, 2.24) is 0 Å². The molecule has 3 N–H and O–H groups in total. The summed E-state index contributed by atoms with van der Waals surface area (Å²) >= 11 is 18.8. The molecule has 1 atom stereocenters. The molecule has 1 unspecified atom stereocenters. The highest BCUT2D eigenvalue weighted by molar-refractivity contribution is 7.92. The Balaban J connectivity index is 1.80. The molecular weight excluding hydrogens is 587 g/mol. The van der Waals surface area contributed by atoms with Crippen molar-refractivity contribution in [2.24, 2.45) is 0 Å². The number of amides is 2. The molecule has 3 rings (SSSR count). The Morgan fingerprint density at radius 3 is 2.05 bits per heavy atom. The molecule has 0 heterocycles. The lowest BCUT2D eigenvalue weighted by Gasteiger charge is -2.18. The standard InChI is InChI=1S/C27H27Cl3N2O6S/c1-5-24(39(36,37)17-8-6-15(4)7-9-17)27(35)31-21-13-23(33)22(12-18(21)28)32-26(34)16-10-19(29)25(20(30)11-16)38-14(2)3/h6-14,24,33H,5H2,1-4H3,(H,31,35)(H,32,34). The van der Waals surface area contributed by atoms with Crippen LogP contribution in [-0.2, 0) is 14.6 Å². The Hall–Kier alpha value is -2.98. The average Bonchev–Trinajstić information content (AvgIpc) is 2.84. The van der Waals surface area contributed by atoms with Crippen LogP contribution in [0.4, 0.5) is 11.4 Å². The van der Waals surface area contributed by atoms with Gasteiger partial charge in [0.15, 0.2) is 15.6 Å². The van der Waals surface area contributed by atoms with Gasteiger partial charge in [-0.1, -0.05) is 59.4 Å². The summed E-state index contributed by atoms with van der Waals surface area (Å²) in [6.07, 6.45) is -0.181. The van der Waals surface area contributed by atoms with Crippen molar-refractivity contribution >= 4 is 67.8 Å². The van der Waals surface area contributed by atoms with Crippen LogP contribution in [-0.4, -0.2) is 36.7 Å². The Labute approximate surface area is 242 Å². The van der Waals surface area contributed by atoms with Crippen LogP contribution >= 0.6 is 34.8 Å². The molecule has 0 aliphatic carbocycles. The Bertz CT molecular complexity index is 1490. The predicted octanol–water partition coefficient (Wildman–Crippen LogP) is 6.89. The lowest BCUT2D eigenvalue weighted by atomic mass is 10.2. The van der Waals surface area contributed by atoms with E-state index < -0.39 is 32.7 Å². The van der Waals surface area contributed by atoms with Crippen LogP contribution in [0.3, 0.4) is 0 Å². The summed E-state index contributed by atoms with van der Waals surface area (Å²) in [7, 11) is -3.99. The number of aryl methyl sites for hydroxylation is 1. The molecule has 0 bridgehead atoms.